The number of hydrogen-bond donors (Lipinski definition) is 2. The molecule has 0 radical (unpaired) electrons. The van der Waals surface area contributed by atoms with Crippen LogP contribution in [-0.2, 0) is 0 Å². The molecule has 0 aromatic heterocycles. The van der Waals surface area contributed by atoms with E-state index in [1.165, 1.54) is 57.8 Å². The van der Waals surface area contributed by atoms with E-state index in [1.807, 2.05) is 0 Å². The zero-order valence-corrected chi connectivity index (χ0v) is 14.4. The molecular formula is C17H26ClFN2O2. The maximum Gasteiger partial charge on any atom is 0.258 e. The number of ether oxygens (including phenoxy) is 1. The second kappa shape index (κ2) is 10.4. The quantitative estimate of drug-likeness (QED) is 0.615. The van der Waals surface area contributed by atoms with Crippen molar-refractivity contribution in [3.63, 3.8) is 0 Å². The average Bonchev–Trinajstić information content (AvgIpc) is 2.79. The van der Waals surface area contributed by atoms with Gasteiger partial charge in [0.25, 0.3) is 5.91 Å². The van der Waals surface area contributed by atoms with Crippen LogP contribution >= 0.6 is 12.4 Å². The van der Waals surface area contributed by atoms with Gasteiger partial charge in [0.15, 0.2) is 0 Å². The Labute approximate surface area is 143 Å². The lowest BCUT2D eigenvalue weighted by Crippen LogP contribution is -2.37. The van der Waals surface area contributed by atoms with Crippen molar-refractivity contribution in [2.24, 2.45) is 0 Å². The molecule has 23 heavy (non-hydrogen) atoms. The van der Waals surface area contributed by atoms with Gasteiger partial charge in [-0.05, 0) is 25.0 Å². The predicted octanol–water partition coefficient (Wildman–Crippen LogP) is 3.30. The van der Waals surface area contributed by atoms with Crippen molar-refractivity contribution >= 4 is 18.3 Å². The van der Waals surface area contributed by atoms with E-state index in [9.17, 15) is 9.18 Å². The molecule has 1 saturated carbocycles. The molecular weight excluding hydrogens is 319 g/mol. The highest BCUT2D eigenvalue weighted by molar-refractivity contribution is 5.97. The summed E-state index contributed by atoms with van der Waals surface area (Å²) in [5.74, 6) is -0.736. The number of benzene rings is 1. The van der Waals surface area contributed by atoms with Gasteiger partial charge in [0.1, 0.15) is 17.1 Å². The molecule has 0 saturated heterocycles. The fraction of sp³-hybridized carbons (Fsp3) is 0.588. The molecule has 0 atom stereocenters. The molecule has 0 spiro atoms. The number of halogens is 2. The molecule has 2 rings (SSSR count). The molecule has 1 aromatic carbocycles. The van der Waals surface area contributed by atoms with Gasteiger partial charge in [0.2, 0.25) is 0 Å². The molecule has 1 aliphatic rings. The van der Waals surface area contributed by atoms with Gasteiger partial charge in [-0.1, -0.05) is 31.7 Å². The van der Waals surface area contributed by atoms with Crippen molar-refractivity contribution in [2.45, 2.75) is 44.6 Å². The van der Waals surface area contributed by atoms with Crippen molar-refractivity contribution in [2.75, 3.05) is 20.2 Å². The van der Waals surface area contributed by atoms with E-state index in [2.05, 4.69) is 10.6 Å². The van der Waals surface area contributed by atoms with Crippen molar-refractivity contribution in [1.29, 1.82) is 0 Å². The molecule has 0 aliphatic heterocycles. The Balaban J connectivity index is 0.00000264. The number of nitrogens with one attached hydrogen (secondary N) is 2. The second-order valence-corrected chi connectivity index (χ2v) is 5.72. The van der Waals surface area contributed by atoms with Crippen LogP contribution in [0.15, 0.2) is 18.2 Å². The summed E-state index contributed by atoms with van der Waals surface area (Å²) in [6.07, 6.45) is 7.60. The summed E-state index contributed by atoms with van der Waals surface area (Å²) in [4.78, 5) is 12.1. The van der Waals surface area contributed by atoms with Gasteiger partial charge in [0, 0.05) is 19.1 Å². The van der Waals surface area contributed by atoms with Crippen molar-refractivity contribution in [3.05, 3.63) is 29.6 Å². The lowest BCUT2D eigenvalue weighted by molar-refractivity contribution is 0.0946. The summed E-state index contributed by atoms with van der Waals surface area (Å²) in [7, 11) is 1.43. The Morgan fingerprint density at radius 1 is 1.22 bits per heavy atom. The summed E-state index contributed by atoms with van der Waals surface area (Å²) < 4.78 is 18.8. The first-order valence-electron chi connectivity index (χ1n) is 8.06. The van der Waals surface area contributed by atoms with Crippen LogP contribution in [0.3, 0.4) is 0 Å². The van der Waals surface area contributed by atoms with Crippen LogP contribution in [0.5, 0.6) is 5.75 Å². The van der Waals surface area contributed by atoms with Crippen LogP contribution in [0.25, 0.3) is 0 Å². The number of rotatable bonds is 6. The van der Waals surface area contributed by atoms with Gasteiger partial charge in [-0.3, -0.25) is 4.79 Å². The number of methoxy groups -OCH3 is 1. The molecule has 130 valence electrons. The Morgan fingerprint density at radius 3 is 2.57 bits per heavy atom. The van der Waals surface area contributed by atoms with E-state index in [0.717, 1.165) is 0 Å². The van der Waals surface area contributed by atoms with Gasteiger partial charge in [-0.15, -0.1) is 12.4 Å². The molecule has 4 nitrogen and oxygen atoms in total. The smallest absolute Gasteiger partial charge is 0.258 e. The second-order valence-electron chi connectivity index (χ2n) is 5.72. The van der Waals surface area contributed by atoms with Gasteiger partial charge >= 0.3 is 0 Å². The van der Waals surface area contributed by atoms with E-state index in [4.69, 9.17) is 4.74 Å². The van der Waals surface area contributed by atoms with Crippen LogP contribution in [-0.4, -0.2) is 32.1 Å². The number of carbonyl (C=O) groups excluding carboxylic acids is 1. The summed E-state index contributed by atoms with van der Waals surface area (Å²) in [6.45, 7) is 1.18. The monoisotopic (exact) mass is 344 g/mol. The zero-order valence-electron chi connectivity index (χ0n) is 13.6. The molecule has 2 N–H and O–H groups in total. The SMILES string of the molecule is COc1cccc(F)c1C(=O)NCCNC1CCCCCC1.Cl. The Bertz CT molecular complexity index is 491. The van der Waals surface area contributed by atoms with Crippen LogP contribution in [0.1, 0.15) is 48.9 Å². The minimum absolute atomic E-state index is 0. The van der Waals surface area contributed by atoms with Crippen LogP contribution in [0, 0.1) is 5.82 Å². The first-order chi connectivity index (χ1) is 10.7. The highest BCUT2D eigenvalue weighted by Gasteiger charge is 2.17. The first kappa shape index (κ1) is 19.7. The van der Waals surface area contributed by atoms with Crippen LogP contribution in [0.2, 0.25) is 0 Å². The van der Waals surface area contributed by atoms with Crippen molar-refractivity contribution in [1.82, 2.24) is 10.6 Å². The maximum atomic E-state index is 13.8. The fourth-order valence-electron chi connectivity index (χ4n) is 2.92. The van der Waals surface area contributed by atoms with Crippen LogP contribution < -0.4 is 15.4 Å². The summed E-state index contributed by atoms with van der Waals surface area (Å²) in [5, 5.41) is 6.22. The molecule has 0 bridgehead atoms. The van der Waals surface area contributed by atoms with Crippen molar-refractivity contribution in [3.8, 4) is 5.75 Å². The van der Waals surface area contributed by atoms with E-state index in [1.54, 1.807) is 6.07 Å². The lowest BCUT2D eigenvalue weighted by atomic mass is 10.1. The fourth-order valence-corrected chi connectivity index (χ4v) is 2.92. The van der Waals surface area contributed by atoms with E-state index < -0.39 is 11.7 Å². The number of hydrogen-bond acceptors (Lipinski definition) is 3. The van der Waals surface area contributed by atoms with E-state index >= 15 is 0 Å². The highest BCUT2D eigenvalue weighted by Crippen LogP contribution is 2.20. The molecule has 1 amide bonds. The number of carbonyl (C=O) groups is 1. The normalized spacial score (nSPS) is 15.4. The standard InChI is InChI=1S/C17H25FN2O2.ClH/c1-22-15-10-6-9-14(18)16(15)17(21)20-12-11-19-13-7-4-2-3-5-8-13;/h6,9-10,13,19H,2-5,7-8,11-12H2,1H3,(H,20,21);1H. The largest absolute Gasteiger partial charge is 0.496 e. The highest BCUT2D eigenvalue weighted by atomic mass is 35.5. The van der Waals surface area contributed by atoms with Crippen LogP contribution in [0.4, 0.5) is 4.39 Å². The third kappa shape index (κ3) is 5.99. The van der Waals surface area contributed by atoms with E-state index in [-0.39, 0.29) is 23.7 Å². The Hall–Kier alpha value is -1.33. The Morgan fingerprint density at radius 2 is 1.91 bits per heavy atom. The van der Waals surface area contributed by atoms with E-state index in [0.29, 0.717) is 19.1 Å². The number of amides is 1. The third-order valence-corrected chi connectivity index (χ3v) is 4.12. The Kier molecular flexibility index (Phi) is 8.95. The van der Waals surface area contributed by atoms with Gasteiger partial charge in [-0.2, -0.15) is 0 Å². The zero-order chi connectivity index (χ0) is 15.8. The van der Waals surface area contributed by atoms with Crippen molar-refractivity contribution < 1.29 is 13.9 Å². The first-order valence-corrected chi connectivity index (χ1v) is 8.06. The molecule has 0 unspecified atom stereocenters. The molecule has 1 aliphatic carbocycles. The minimum Gasteiger partial charge on any atom is -0.496 e. The minimum atomic E-state index is -0.562. The summed E-state index contributed by atoms with van der Waals surface area (Å²) in [5.41, 5.74) is -0.0283. The third-order valence-electron chi connectivity index (χ3n) is 4.12. The topological polar surface area (TPSA) is 50.4 Å². The van der Waals surface area contributed by atoms with Gasteiger partial charge < -0.3 is 15.4 Å². The predicted molar refractivity (Wildman–Crippen MR) is 92.0 cm³/mol. The van der Waals surface area contributed by atoms with Gasteiger partial charge in [0.05, 0.1) is 7.11 Å². The molecule has 0 heterocycles. The lowest BCUT2D eigenvalue weighted by Gasteiger charge is -2.16. The van der Waals surface area contributed by atoms with Gasteiger partial charge in [-0.25, -0.2) is 4.39 Å². The maximum absolute atomic E-state index is 13.8. The average molecular weight is 345 g/mol. The molecule has 6 heteroatoms. The summed E-state index contributed by atoms with van der Waals surface area (Å²) >= 11 is 0. The summed E-state index contributed by atoms with van der Waals surface area (Å²) in [6, 6.07) is 4.92. The molecule has 1 aromatic rings. The molecule has 1 fully saturated rings.